The Kier molecular flexibility index (Phi) is 9.20. The van der Waals surface area contributed by atoms with Crippen LogP contribution in [0.1, 0.15) is 37.9 Å². The Labute approximate surface area is 136 Å². The molecule has 0 saturated heterocycles. The molecule has 0 amide bonds. The summed E-state index contributed by atoms with van der Waals surface area (Å²) in [5, 5.41) is 3.25. The lowest BCUT2D eigenvalue weighted by atomic mass is 9.97. The monoisotopic (exact) mass is 298 g/mol. The highest BCUT2D eigenvalue weighted by atomic mass is 15.2. The molecule has 0 saturated carbocycles. The minimum atomic E-state index is 0.329. The molecule has 0 aliphatic carbocycles. The summed E-state index contributed by atoms with van der Waals surface area (Å²) in [5.41, 5.74) is 2.72. The summed E-state index contributed by atoms with van der Waals surface area (Å²) in [5.74, 6) is 0. The van der Waals surface area contributed by atoms with Gasteiger partial charge in [-0.3, -0.25) is 4.90 Å². The van der Waals surface area contributed by atoms with Crippen molar-refractivity contribution in [3.63, 3.8) is 0 Å². The maximum absolute atomic E-state index is 3.25. The Hall–Kier alpha value is -1.64. The summed E-state index contributed by atoms with van der Waals surface area (Å²) < 4.78 is 0. The number of nitrogens with zero attached hydrogens (tertiary/aromatic N) is 1. The van der Waals surface area contributed by atoms with Gasteiger partial charge in [-0.25, -0.2) is 0 Å². The first-order valence-corrected chi connectivity index (χ1v) is 8.35. The summed E-state index contributed by atoms with van der Waals surface area (Å²) in [4.78, 5) is 2.52. The highest BCUT2D eigenvalue weighted by molar-refractivity contribution is 5.31. The largest absolute Gasteiger partial charge is 0.318 e. The molecule has 0 fully saturated rings. The molecular weight excluding hydrogens is 268 g/mol. The fraction of sp³-hybridized carbons (Fsp3) is 0.400. The molecule has 0 heterocycles. The molecule has 0 atom stereocenters. The predicted octanol–water partition coefficient (Wildman–Crippen LogP) is 4.34. The van der Waals surface area contributed by atoms with E-state index in [2.05, 4.69) is 77.8 Å². The molecule has 0 radical (unpaired) electrons. The maximum Gasteiger partial charge on any atom is 0.0602 e. The number of benzene rings is 2. The van der Waals surface area contributed by atoms with E-state index in [0.717, 1.165) is 19.6 Å². The molecular formula is C20H30N2. The molecule has 0 aromatic heterocycles. The summed E-state index contributed by atoms with van der Waals surface area (Å²) in [6.07, 6.45) is 0. The van der Waals surface area contributed by atoms with Gasteiger partial charge in [0.2, 0.25) is 0 Å². The van der Waals surface area contributed by atoms with E-state index < -0.39 is 0 Å². The van der Waals surface area contributed by atoms with Crippen molar-refractivity contribution in [1.82, 2.24) is 10.2 Å². The third kappa shape index (κ3) is 5.28. The van der Waals surface area contributed by atoms with Crippen molar-refractivity contribution in [1.29, 1.82) is 0 Å². The van der Waals surface area contributed by atoms with Gasteiger partial charge in [-0.1, -0.05) is 81.4 Å². The molecule has 2 rings (SSSR count). The second-order valence-corrected chi connectivity index (χ2v) is 4.96. The van der Waals surface area contributed by atoms with Crippen LogP contribution in [0, 0.1) is 0 Å². The van der Waals surface area contributed by atoms with E-state index in [0.29, 0.717) is 6.04 Å². The van der Waals surface area contributed by atoms with Crippen LogP contribution < -0.4 is 5.32 Å². The molecule has 0 unspecified atom stereocenters. The molecule has 0 aliphatic heterocycles. The van der Waals surface area contributed by atoms with E-state index in [1.807, 2.05) is 20.9 Å². The first kappa shape index (κ1) is 18.4. The minimum absolute atomic E-state index is 0.329. The Bertz CT molecular complexity index is 442. The second kappa shape index (κ2) is 11.0. The molecule has 0 spiro atoms. The van der Waals surface area contributed by atoms with Crippen LogP contribution in [0.4, 0.5) is 0 Å². The Balaban J connectivity index is 0.00000116. The van der Waals surface area contributed by atoms with Gasteiger partial charge in [-0.05, 0) is 24.7 Å². The van der Waals surface area contributed by atoms with Gasteiger partial charge in [-0.2, -0.15) is 0 Å². The van der Waals surface area contributed by atoms with Crippen LogP contribution >= 0.6 is 0 Å². The lowest BCUT2D eigenvalue weighted by Crippen LogP contribution is -2.34. The average molecular weight is 298 g/mol. The molecule has 2 aromatic carbocycles. The van der Waals surface area contributed by atoms with Gasteiger partial charge in [-0.15, -0.1) is 0 Å². The smallest absolute Gasteiger partial charge is 0.0602 e. The van der Waals surface area contributed by atoms with Crippen molar-refractivity contribution in [3.05, 3.63) is 71.8 Å². The standard InChI is InChI=1S/C18H24N2.C2H6/c1-3-20(15-14-19-2)18(16-10-6-4-7-11-16)17-12-8-5-9-13-17;1-2/h4-13,18-19H,3,14-15H2,1-2H3;1-2H3. The molecule has 0 bridgehead atoms. The van der Waals surface area contributed by atoms with E-state index in [1.165, 1.54) is 11.1 Å². The van der Waals surface area contributed by atoms with E-state index in [9.17, 15) is 0 Å². The molecule has 1 N–H and O–H groups in total. The zero-order valence-electron chi connectivity index (χ0n) is 14.4. The minimum Gasteiger partial charge on any atom is -0.318 e. The van der Waals surface area contributed by atoms with Crippen LogP contribution in [0.3, 0.4) is 0 Å². The van der Waals surface area contributed by atoms with Crippen molar-refractivity contribution in [2.75, 3.05) is 26.7 Å². The molecule has 2 aromatic rings. The molecule has 2 heteroatoms. The summed E-state index contributed by atoms with van der Waals surface area (Å²) >= 11 is 0. The summed E-state index contributed by atoms with van der Waals surface area (Å²) in [7, 11) is 2.01. The van der Waals surface area contributed by atoms with Gasteiger partial charge in [0.15, 0.2) is 0 Å². The van der Waals surface area contributed by atoms with Gasteiger partial charge in [0, 0.05) is 13.1 Å². The zero-order valence-corrected chi connectivity index (χ0v) is 14.4. The lowest BCUT2D eigenvalue weighted by Gasteiger charge is -2.31. The van der Waals surface area contributed by atoms with Crippen LogP contribution in [0.2, 0.25) is 0 Å². The number of likely N-dealkylation sites (N-methyl/N-ethyl adjacent to an activating group) is 2. The van der Waals surface area contributed by atoms with Crippen molar-refractivity contribution < 1.29 is 0 Å². The summed E-state index contributed by atoms with van der Waals surface area (Å²) in [6.45, 7) is 9.32. The van der Waals surface area contributed by atoms with Crippen LogP contribution in [0.5, 0.6) is 0 Å². The number of rotatable bonds is 7. The van der Waals surface area contributed by atoms with Crippen molar-refractivity contribution in [3.8, 4) is 0 Å². The van der Waals surface area contributed by atoms with Gasteiger partial charge in [0.25, 0.3) is 0 Å². The summed E-state index contributed by atoms with van der Waals surface area (Å²) in [6, 6.07) is 21.9. The number of hydrogen-bond donors (Lipinski definition) is 1. The van der Waals surface area contributed by atoms with Gasteiger partial charge >= 0.3 is 0 Å². The van der Waals surface area contributed by atoms with Crippen molar-refractivity contribution in [2.24, 2.45) is 0 Å². The third-order valence-corrected chi connectivity index (χ3v) is 3.65. The first-order chi connectivity index (χ1) is 10.9. The lowest BCUT2D eigenvalue weighted by molar-refractivity contribution is 0.239. The van der Waals surface area contributed by atoms with Gasteiger partial charge < -0.3 is 5.32 Å². The van der Waals surface area contributed by atoms with E-state index >= 15 is 0 Å². The third-order valence-electron chi connectivity index (χ3n) is 3.65. The normalized spacial score (nSPS) is 10.5. The topological polar surface area (TPSA) is 15.3 Å². The van der Waals surface area contributed by atoms with Gasteiger partial charge in [0.1, 0.15) is 0 Å². The number of hydrogen-bond acceptors (Lipinski definition) is 2. The van der Waals surface area contributed by atoms with E-state index in [1.54, 1.807) is 0 Å². The van der Waals surface area contributed by atoms with E-state index in [-0.39, 0.29) is 0 Å². The highest BCUT2D eigenvalue weighted by Crippen LogP contribution is 2.27. The van der Waals surface area contributed by atoms with Crippen LogP contribution in [-0.2, 0) is 0 Å². The first-order valence-electron chi connectivity index (χ1n) is 8.35. The molecule has 2 nitrogen and oxygen atoms in total. The fourth-order valence-electron chi connectivity index (χ4n) is 2.61. The van der Waals surface area contributed by atoms with Crippen LogP contribution in [0.15, 0.2) is 60.7 Å². The Morgan fingerprint density at radius 2 is 1.32 bits per heavy atom. The Morgan fingerprint density at radius 1 is 0.864 bits per heavy atom. The predicted molar refractivity (Wildman–Crippen MR) is 97.2 cm³/mol. The maximum atomic E-state index is 3.25. The van der Waals surface area contributed by atoms with Crippen molar-refractivity contribution >= 4 is 0 Å². The van der Waals surface area contributed by atoms with Crippen LogP contribution in [-0.4, -0.2) is 31.6 Å². The van der Waals surface area contributed by atoms with E-state index in [4.69, 9.17) is 0 Å². The molecule has 22 heavy (non-hydrogen) atoms. The quantitative estimate of drug-likeness (QED) is 0.818. The average Bonchev–Trinajstić information content (AvgIpc) is 2.62. The highest BCUT2D eigenvalue weighted by Gasteiger charge is 2.20. The fourth-order valence-corrected chi connectivity index (χ4v) is 2.61. The van der Waals surface area contributed by atoms with Gasteiger partial charge in [0.05, 0.1) is 6.04 Å². The zero-order chi connectivity index (χ0) is 16.2. The van der Waals surface area contributed by atoms with Crippen molar-refractivity contribution in [2.45, 2.75) is 26.8 Å². The molecule has 120 valence electrons. The van der Waals surface area contributed by atoms with Crippen LogP contribution in [0.25, 0.3) is 0 Å². The Morgan fingerprint density at radius 3 is 1.68 bits per heavy atom. The number of nitrogens with one attached hydrogen (secondary N) is 1. The SMILES string of the molecule is CC.CCN(CCNC)C(c1ccccc1)c1ccccc1. The molecule has 0 aliphatic rings. The second-order valence-electron chi connectivity index (χ2n) is 4.96.